The number of fused-ring (bicyclic) bond motifs is 1. The SMILES string of the molecule is Cc1cccc2[nH]c(CCN[C@@H]3CCCOC3)nc12. The lowest BCUT2D eigenvalue weighted by Gasteiger charge is -2.22. The third-order valence-corrected chi connectivity index (χ3v) is 3.72. The number of hydrogen-bond donors (Lipinski definition) is 2. The number of nitrogens with zero attached hydrogens (tertiary/aromatic N) is 1. The summed E-state index contributed by atoms with van der Waals surface area (Å²) < 4.78 is 5.46. The maximum absolute atomic E-state index is 5.46. The Hall–Kier alpha value is -1.39. The molecule has 2 N–H and O–H groups in total. The van der Waals surface area contributed by atoms with Crippen LogP contribution in [0.4, 0.5) is 0 Å². The van der Waals surface area contributed by atoms with Gasteiger partial charge >= 0.3 is 0 Å². The maximum Gasteiger partial charge on any atom is 0.108 e. The summed E-state index contributed by atoms with van der Waals surface area (Å²) in [7, 11) is 0. The summed E-state index contributed by atoms with van der Waals surface area (Å²) in [6, 6.07) is 6.77. The summed E-state index contributed by atoms with van der Waals surface area (Å²) in [6.45, 7) is 4.82. The van der Waals surface area contributed by atoms with E-state index in [9.17, 15) is 0 Å². The van der Waals surface area contributed by atoms with Crippen molar-refractivity contribution in [2.75, 3.05) is 19.8 Å². The van der Waals surface area contributed by atoms with E-state index in [4.69, 9.17) is 4.74 Å². The van der Waals surface area contributed by atoms with E-state index in [1.165, 1.54) is 18.4 Å². The van der Waals surface area contributed by atoms with Crippen LogP contribution in [0.5, 0.6) is 0 Å². The Morgan fingerprint density at radius 2 is 2.42 bits per heavy atom. The van der Waals surface area contributed by atoms with E-state index in [0.29, 0.717) is 6.04 Å². The van der Waals surface area contributed by atoms with Crippen molar-refractivity contribution in [3.05, 3.63) is 29.6 Å². The number of aromatic nitrogens is 2. The van der Waals surface area contributed by atoms with Gasteiger partial charge in [-0.15, -0.1) is 0 Å². The van der Waals surface area contributed by atoms with E-state index < -0.39 is 0 Å². The topological polar surface area (TPSA) is 49.9 Å². The molecule has 4 heteroatoms. The molecule has 4 nitrogen and oxygen atoms in total. The zero-order valence-electron chi connectivity index (χ0n) is 11.4. The van der Waals surface area contributed by atoms with Gasteiger partial charge in [-0.05, 0) is 31.4 Å². The minimum absolute atomic E-state index is 0.514. The predicted molar refractivity (Wildman–Crippen MR) is 76.4 cm³/mol. The van der Waals surface area contributed by atoms with Crippen molar-refractivity contribution in [3.8, 4) is 0 Å². The van der Waals surface area contributed by atoms with Gasteiger partial charge in [0.15, 0.2) is 0 Å². The molecule has 102 valence electrons. The number of aryl methyl sites for hydroxylation is 1. The molecule has 0 saturated carbocycles. The van der Waals surface area contributed by atoms with Crippen molar-refractivity contribution in [1.29, 1.82) is 0 Å². The molecule has 1 saturated heterocycles. The highest BCUT2D eigenvalue weighted by molar-refractivity contribution is 5.78. The lowest BCUT2D eigenvalue weighted by Crippen LogP contribution is -2.37. The van der Waals surface area contributed by atoms with Crippen LogP contribution in [-0.4, -0.2) is 35.8 Å². The lowest BCUT2D eigenvalue weighted by atomic mass is 10.1. The summed E-state index contributed by atoms with van der Waals surface area (Å²) in [5.41, 5.74) is 3.46. The Bertz CT molecular complexity index is 543. The highest BCUT2D eigenvalue weighted by Crippen LogP contribution is 2.15. The number of rotatable bonds is 4. The summed E-state index contributed by atoms with van der Waals surface area (Å²) in [4.78, 5) is 8.06. The van der Waals surface area contributed by atoms with Crippen molar-refractivity contribution >= 4 is 11.0 Å². The van der Waals surface area contributed by atoms with Crippen LogP contribution in [0.15, 0.2) is 18.2 Å². The molecule has 0 unspecified atom stereocenters. The average molecular weight is 259 g/mol. The molecule has 0 spiro atoms. The summed E-state index contributed by atoms with van der Waals surface area (Å²) in [5.74, 6) is 1.06. The highest BCUT2D eigenvalue weighted by Gasteiger charge is 2.13. The fourth-order valence-corrected chi connectivity index (χ4v) is 2.64. The quantitative estimate of drug-likeness (QED) is 0.885. The third kappa shape index (κ3) is 2.96. The molecule has 1 atom stereocenters. The van der Waals surface area contributed by atoms with Crippen LogP contribution in [-0.2, 0) is 11.2 Å². The van der Waals surface area contributed by atoms with E-state index in [0.717, 1.165) is 43.0 Å². The molecule has 2 heterocycles. The molecular formula is C15H21N3O. The van der Waals surface area contributed by atoms with Crippen molar-refractivity contribution in [1.82, 2.24) is 15.3 Å². The summed E-state index contributed by atoms with van der Waals surface area (Å²) >= 11 is 0. The predicted octanol–water partition coefficient (Wildman–Crippen LogP) is 2.18. The second kappa shape index (κ2) is 5.72. The van der Waals surface area contributed by atoms with Gasteiger partial charge in [0.25, 0.3) is 0 Å². The molecule has 1 aromatic heterocycles. The smallest absolute Gasteiger partial charge is 0.108 e. The number of nitrogens with one attached hydrogen (secondary N) is 2. The fraction of sp³-hybridized carbons (Fsp3) is 0.533. The maximum atomic E-state index is 5.46. The van der Waals surface area contributed by atoms with Gasteiger partial charge < -0.3 is 15.0 Å². The Morgan fingerprint density at radius 1 is 1.47 bits per heavy atom. The van der Waals surface area contributed by atoms with Crippen molar-refractivity contribution < 1.29 is 4.74 Å². The van der Waals surface area contributed by atoms with Crippen LogP contribution >= 0.6 is 0 Å². The number of H-pyrrole nitrogens is 1. The van der Waals surface area contributed by atoms with E-state index in [1.54, 1.807) is 0 Å². The normalized spacial score (nSPS) is 19.9. The first-order valence-corrected chi connectivity index (χ1v) is 7.08. The molecule has 19 heavy (non-hydrogen) atoms. The van der Waals surface area contributed by atoms with Crippen LogP contribution in [0.2, 0.25) is 0 Å². The van der Waals surface area contributed by atoms with Crippen molar-refractivity contribution in [2.24, 2.45) is 0 Å². The standard InChI is InChI=1S/C15H21N3O/c1-11-4-2-6-13-15(11)18-14(17-13)7-8-16-12-5-3-9-19-10-12/h2,4,6,12,16H,3,5,7-10H2,1H3,(H,17,18)/t12-/m1/s1. The molecule has 1 aliphatic heterocycles. The van der Waals surface area contributed by atoms with Gasteiger partial charge in [0.2, 0.25) is 0 Å². The average Bonchev–Trinajstić information content (AvgIpc) is 2.84. The molecule has 0 amide bonds. The number of para-hydroxylation sites is 1. The summed E-state index contributed by atoms with van der Waals surface area (Å²) in [5, 5.41) is 3.54. The summed E-state index contributed by atoms with van der Waals surface area (Å²) in [6.07, 6.45) is 3.32. The van der Waals surface area contributed by atoms with Gasteiger partial charge in [0.05, 0.1) is 17.6 Å². The third-order valence-electron chi connectivity index (χ3n) is 3.72. The molecule has 0 aliphatic carbocycles. The molecule has 1 aromatic carbocycles. The molecular weight excluding hydrogens is 238 g/mol. The first-order valence-electron chi connectivity index (χ1n) is 7.08. The van der Waals surface area contributed by atoms with Crippen molar-refractivity contribution in [3.63, 3.8) is 0 Å². The largest absolute Gasteiger partial charge is 0.380 e. The van der Waals surface area contributed by atoms with E-state index in [2.05, 4.69) is 40.4 Å². The molecule has 0 radical (unpaired) electrons. The zero-order valence-corrected chi connectivity index (χ0v) is 11.4. The molecule has 3 rings (SSSR count). The van der Waals surface area contributed by atoms with Gasteiger partial charge in [-0.3, -0.25) is 0 Å². The Kier molecular flexibility index (Phi) is 3.80. The second-order valence-corrected chi connectivity index (χ2v) is 5.27. The van der Waals surface area contributed by atoms with Gasteiger partial charge in [0, 0.05) is 25.6 Å². The Morgan fingerprint density at radius 3 is 3.21 bits per heavy atom. The lowest BCUT2D eigenvalue weighted by molar-refractivity contribution is 0.0707. The van der Waals surface area contributed by atoms with E-state index >= 15 is 0 Å². The molecule has 1 aliphatic rings. The number of benzene rings is 1. The van der Waals surface area contributed by atoms with Crippen LogP contribution in [0.3, 0.4) is 0 Å². The van der Waals surface area contributed by atoms with Gasteiger partial charge in [-0.25, -0.2) is 4.98 Å². The van der Waals surface area contributed by atoms with Crippen LogP contribution in [0.25, 0.3) is 11.0 Å². The Labute approximate surface area is 113 Å². The van der Waals surface area contributed by atoms with Gasteiger partial charge in [-0.2, -0.15) is 0 Å². The minimum atomic E-state index is 0.514. The molecule has 2 aromatic rings. The van der Waals surface area contributed by atoms with Crippen molar-refractivity contribution in [2.45, 2.75) is 32.2 Å². The van der Waals surface area contributed by atoms with Gasteiger partial charge in [0.1, 0.15) is 5.82 Å². The molecule has 1 fully saturated rings. The minimum Gasteiger partial charge on any atom is -0.380 e. The van der Waals surface area contributed by atoms with Crippen LogP contribution < -0.4 is 5.32 Å². The Balaban J connectivity index is 1.57. The van der Waals surface area contributed by atoms with E-state index in [-0.39, 0.29) is 0 Å². The fourth-order valence-electron chi connectivity index (χ4n) is 2.64. The number of aromatic amines is 1. The number of imidazole rings is 1. The first-order chi connectivity index (χ1) is 9.33. The van der Waals surface area contributed by atoms with Crippen LogP contribution in [0, 0.1) is 6.92 Å². The second-order valence-electron chi connectivity index (χ2n) is 5.27. The number of hydrogen-bond acceptors (Lipinski definition) is 3. The van der Waals surface area contributed by atoms with E-state index in [1.807, 2.05) is 0 Å². The zero-order chi connectivity index (χ0) is 13.1. The number of ether oxygens (including phenoxy) is 1. The highest BCUT2D eigenvalue weighted by atomic mass is 16.5. The monoisotopic (exact) mass is 259 g/mol. The van der Waals surface area contributed by atoms with Crippen LogP contribution in [0.1, 0.15) is 24.2 Å². The first kappa shape index (κ1) is 12.6. The van der Waals surface area contributed by atoms with Gasteiger partial charge in [-0.1, -0.05) is 12.1 Å². The molecule has 0 bridgehead atoms.